The van der Waals surface area contributed by atoms with E-state index in [1.165, 1.54) is 12.4 Å². The smallest absolute Gasteiger partial charge is 0.254 e. The zero-order chi connectivity index (χ0) is 13.0. The second kappa shape index (κ2) is 5.67. The Labute approximate surface area is 111 Å². The molecule has 1 aliphatic carbocycles. The van der Waals surface area contributed by atoms with Crippen molar-refractivity contribution in [3.8, 4) is 0 Å². The summed E-state index contributed by atoms with van der Waals surface area (Å²) in [5.74, 6) is -0.285. The number of pyridine rings is 1. The van der Waals surface area contributed by atoms with Crippen LogP contribution in [0.2, 0.25) is 5.02 Å². The van der Waals surface area contributed by atoms with Crippen molar-refractivity contribution >= 4 is 17.5 Å². The van der Waals surface area contributed by atoms with E-state index in [9.17, 15) is 9.90 Å². The first kappa shape index (κ1) is 13.3. The van der Waals surface area contributed by atoms with Gasteiger partial charge in [-0.1, -0.05) is 30.9 Å². The van der Waals surface area contributed by atoms with Crippen LogP contribution in [-0.2, 0) is 0 Å². The molecular formula is C13H17ClN2O2. The van der Waals surface area contributed by atoms with Crippen LogP contribution in [0.25, 0.3) is 0 Å². The topological polar surface area (TPSA) is 62.2 Å². The highest BCUT2D eigenvalue weighted by molar-refractivity contribution is 6.33. The lowest BCUT2D eigenvalue weighted by Gasteiger charge is -2.32. The van der Waals surface area contributed by atoms with Crippen LogP contribution < -0.4 is 5.32 Å². The third kappa shape index (κ3) is 3.21. The molecule has 2 rings (SSSR count). The van der Waals surface area contributed by atoms with Gasteiger partial charge in [-0.05, 0) is 18.9 Å². The number of carbonyl (C=O) groups is 1. The van der Waals surface area contributed by atoms with E-state index in [0.29, 0.717) is 10.6 Å². The van der Waals surface area contributed by atoms with E-state index in [-0.39, 0.29) is 12.5 Å². The Hall–Kier alpha value is -1.13. The van der Waals surface area contributed by atoms with Crippen molar-refractivity contribution in [3.05, 3.63) is 29.0 Å². The number of aliphatic hydroxyl groups is 1. The van der Waals surface area contributed by atoms with Gasteiger partial charge in [0.05, 0.1) is 16.2 Å². The molecule has 2 N–H and O–H groups in total. The van der Waals surface area contributed by atoms with Gasteiger partial charge in [-0.15, -0.1) is 0 Å². The average Bonchev–Trinajstić information content (AvgIpc) is 2.38. The summed E-state index contributed by atoms with van der Waals surface area (Å²) >= 11 is 5.91. The second-order valence-corrected chi connectivity index (χ2v) is 5.23. The minimum atomic E-state index is -0.761. The summed E-state index contributed by atoms with van der Waals surface area (Å²) in [5.41, 5.74) is -0.415. The molecule has 1 saturated carbocycles. The van der Waals surface area contributed by atoms with Crippen molar-refractivity contribution in [2.24, 2.45) is 0 Å². The zero-order valence-electron chi connectivity index (χ0n) is 10.2. The Kier molecular flexibility index (Phi) is 4.19. The normalized spacial score (nSPS) is 18.3. The van der Waals surface area contributed by atoms with Gasteiger partial charge < -0.3 is 10.4 Å². The number of aromatic nitrogens is 1. The van der Waals surface area contributed by atoms with Gasteiger partial charge in [0.1, 0.15) is 0 Å². The first-order valence-corrected chi connectivity index (χ1v) is 6.59. The molecule has 0 atom stereocenters. The van der Waals surface area contributed by atoms with E-state index < -0.39 is 5.60 Å². The number of nitrogens with one attached hydrogen (secondary N) is 1. The standard InChI is InChI=1S/C13H17ClN2O2/c14-11-4-7-15-8-10(11)12(17)16-9-13(18)5-2-1-3-6-13/h4,7-8,18H,1-3,5-6,9H2,(H,16,17). The SMILES string of the molecule is O=C(NCC1(O)CCCCC1)c1cnccc1Cl. The van der Waals surface area contributed by atoms with Gasteiger partial charge in [-0.3, -0.25) is 9.78 Å². The summed E-state index contributed by atoms with van der Waals surface area (Å²) in [6, 6.07) is 1.58. The van der Waals surface area contributed by atoms with Crippen LogP contribution in [0.15, 0.2) is 18.5 Å². The Bertz CT molecular complexity index is 431. The summed E-state index contributed by atoms with van der Waals surface area (Å²) in [6.07, 6.45) is 7.64. The first-order valence-electron chi connectivity index (χ1n) is 6.21. The van der Waals surface area contributed by atoms with Gasteiger partial charge in [0, 0.05) is 18.9 Å². The number of hydrogen-bond acceptors (Lipinski definition) is 3. The third-order valence-electron chi connectivity index (χ3n) is 3.37. The zero-order valence-corrected chi connectivity index (χ0v) is 10.9. The van der Waals surface area contributed by atoms with Crippen LogP contribution in [0.5, 0.6) is 0 Å². The molecule has 5 heteroatoms. The molecule has 0 aliphatic heterocycles. The first-order chi connectivity index (χ1) is 8.61. The molecule has 0 bridgehead atoms. The van der Waals surface area contributed by atoms with Gasteiger partial charge in [0.25, 0.3) is 5.91 Å². The van der Waals surface area contributed by atoms with Crippen molar-refractivity contribution in [1.82, 2.24) is 10.3 Å². The molecule has 0 saturated heterocycles. The van der Waals surface area contributed by atoms with Crippen LogP contribution in [0.1, 0.15) is 42.5 Å². The molecule has 1 amide bonds. The van der Waals surface area contributed by atoms with E-state index >= 15 is 0 Å². The number of carbonyl (C=O) groups excluding carboxylic acids is 1. The van der Waals surface area contributed by atoms with E-state index in [0.717, 1.165) is 32.1 Å². The monoisotopic (exact) mass is 268 g/mol. The molecule has 0 spiro atoms. The van der Waals surface area contributed by atoms with E-state index in [1.807, 2.05) is 0 Å². The minimum absolute atomic E-state index is 0.275. The maximum absolute atomic E-state index is 11.9. The molecule has 1 heterocycles. The highest BCUT2D eigenvalue weighted by Crippen LogP contribution is 2.27. The second-order valence-electron chi connectivity index (χ2n) is 4.82. The van der Waals surface area contributed by atoms with Gasteiger partial charge >= 0.3 is 0 Å². The van der Waals surface area contributed by atoms with Crippen LogP contribution >= 0.6 is 11.6 Å². The lowest BCUT2D eigenvalue weighted by molar-refractivity contribution is 0.00525. The molecule has 1 aliphatic rings. The average molecular weight is 269 g/mol. The molecule has 1 fully saturated rings. The quantitative estimate of drug-likeness (QED) is 0.883. The molecule has 4 nitrogen and oxygen atoms in total. The predicted molar refractivity (Wildman–Crippen MR) is 69.6 cm³/mol. The predicted octanol–water partition coefficient (Wildman–Crippen LogP) is 2.16. The molecule has 98 valence electrons. The molecule has 0 unspecified atom stereocenters. The van der Waals surface area contributed by atoms with Crippen LogP contribution in [0.3, 0.4) is 0 Å². The van der Waals surface area contributed by atoms with E-state index in [1.54, 1.807) is 6.07 Å². The highest BCUT2D eigenvalue weighted by atomic mass is 35.5. The highest BCUT2D eigenvalue weighted by Gasteiger charge is 2.29. The maximum atomic E-state index is 11.9. The fraction of sp³-hybridized carbons (Fsp3) is 0.538. The number of nitrogens with zero attached hydrogens (tertiary/aromatic N) is 1. The molecule has 0 radical (unpaired) electrons. The van der Waals surface area contributed by atoms with Crippen molar-refractivity contribution in [2.75, 3.05) is 6.54 Å². The molecule has 1 aromatic rings. The summed E-state index contributed by atoms with van der Waals surface area (Å²) in [6.45, 7) is 0.275. The molecule has 18 heavy (non-hydrogen) atoms. The number of amides is 1. The van der Waals surface area contributed by atoms with Crippen LogP contribution in [0, 0.1) is 0 Å². The van der Waals surface area contributed by atoms with Gasteiger partial charge in [-0.2, -0.15) is 0 Å². The van der Waals surface area contributed by atoms with Gasteiger partial charge in [0.15, 0.2) is 0 Å². The molecule has 1 aromatic heterocycles. The fourth-order valence-corrected chi connectivity index (χ4v) is 2.46. The summed E-state index contributed by atoms with van der Waals surface area (Å²) < 4.78 is 0. The molecular weight excluding hydrogens is 252 g/mol. The Morgan fingerprint density at radius 2 is 2.17 bits per heavy atom. The summed E-state index contributed by atoms with van der Waals surface area (Å²) in [4.78, 5) is 15.8. The Morgan fingerprint density at radius 3 is 2.83 bits per heavy atom. The molecule has 0 aromatic carbocycles. The van der Waals surface area contributed by atoms with Crippen molar-refractivity contribution in [2.45, 2.75) is 37.7 Å². The minimum Gasteiger partial charge on any atom is -0.388 e. The van der Waals surface area contributed by atoms with E-state index in [2.05, 4.69) is 10.3 Å². The van der Waals surface area contributed by atoms with Crippen molar-refractivity contribution in [1.29, 1.82) is 0 Å². The number of rotatable bonds is 3. The lowest BCUT2D eigenvalue weighted by atomic mass is 9.85. The maximum Gasteiger partial charge on any atom is 0.254 e. The van der Waals surface area contributed by atoms with Crippen molar-refractivity contribution < 1.29 is 9.90 Å². The van der Waals surface area contributed by atoms with Gasteiger partial charge in [-0.25, -0.2) is 0 Å². The number of halogens is 1. The van der Waals surface area contributed by atoms with Crippen LogP contribution in [-0.4, -0.2) is 28.1 Å². The largest absolute Gasteiger partial charge is 0.388 e. The number of hydrogen-bond donors (Lipinski definition) is 2. The van der Waals surface area contributed by atoms with Crippen LogP contribution in [0.4, 0.5) is 0 Å². The third-order valence-corrected chi connectivity index (χ3v) is 3.70. The van der Waals surface area contributed by atoms with Crippen molar-refractivity contribution in [3.63, 3.8) is 0 Å². The Morgan fingerprint density at radius 1 is 1.44 bits per heavy atom. The lowest BCUT2D eigenvalue weighted by Crippen LogP contribution is -2.44. The fourth-order valence-electron chi connectivity index (χ4n) is 2.27. The van der Waals surface area contributed by atoms with Gasteiger partial charge in [0.2, 0.25) is 0 Å². The summed E-state index contributed by atoms with van der Waals surface area (Å²) in [7, 11) is 0. The summed E-state index contributed by atoms with van der Waals surface area (Å²) in [5, 5.41) is 13.4. The Balaban J connectivity index is 1.94. The van der Waals surface area contributed by atoms with E-state index in [4.69, 9.17) is 11.6 Å².